The smallest absolute Gasteiger partial charge is 0.248 e. The number of benzene rings is 1. The van der Waals surface area contributed by atoms with Crippen molar-refractivity contribution in [1.29, 1.82) is 0 Å². The van der Waals surface area contributed by atoms with Gasteiger partial charge in [-0.3, -0.25) is 4.79 Å². The Labute approximate surface area is 87.1 Å². The lowest BCUT2D eigenvalue weighted by molar-refractivity contribution is -0.140. The van der Waals surface area contributed by atoms with Gasteiger partial charge in [-0.25, -0.2) is 5.26 Å². The number of hydrogen-bond acceptors (Lipinski definition) is 5. The van der Waals surface area contributed by atoms with Crippen LogP contribution in [0.3, 0.4) is 0 Å². The number of hydrogen-bond donors (Lipinski definition) is 1. The standard InChI is InChI=1S/C10H12O5/c1-6(11)7-4-8(13-2)10(15-12)9(5-7)14-3/h4-5,12H,1-3H3. The fourth-order valence-corrected chi connectivity index (χ4v) is 1.17. The molecule has 0 amide bonds. The summed E-state index contributed by atoms with van der Waals surface area (Å²) in [5, 5.41) is 8.65. The minimum absolute atomic E-state index is 0.0463. The van der Waals surface area contributed by atoms with Gasteiger partial charge >= 0.3 is 0 Å². The molecule has 82 valence electrons. The first kappa shape index (κ1) is 11.3. The van der Waals surface area contributed by atoms with Crippen molar-refractivity contribution in [3.8, 4) is 17.2 Å². The molecule has 0 spiro atoms. The van der Waals surface area contributed by atoms with E-state index < -0.39 is 0 Å². The lowest BCUT2D eigenvalue weighted by atomic mass is 10.1. The number of methoxy groups -OCH3 is 2. The average molecular weight is 212 g/mol. The summed E-state index contributed by atoms with van der Waals surface area (Å²) in [6, 6.07) is 2.94. The zero-order chi connectivity index (χ0) is 11.4. The second-order valence-corrected chi connectivity index (χ2v) is 2.86. The lowest BCUT2D eigenvalue weighted by Crippen LogP contribution is -1.99. The Morgan fingerprint density at radius 2 is 1.67 bits per heavy atom. The van der Waals surface area contributed by atoms with Crippen LogP contribution in [0.15, 0.2) is 12.1 Å². The zero-order valence-electron chi connectivity index (χ0n) is 8.73. The van der Waals surface area contributed by atoms with Gasteiger partial charge in [0.2, 0.25) is 5.75 Å². The first-order valence-corrected chi connectivity index (χ1v) is 4.22. The maximum atomic E-state index is 11.2. The van der Waals surface area contributed by atoms with Gasteiger partial charge in [-0.15, -0.1) is 0 Å². The maximum absolute atomic E-state index is 11.2. The monoisotopic (exact) mass is 212 g/mol. The van der Waals surface area contributed by atoms with Crippen molar-refractivity contribution in [2.24, 2.45) is 0 Å². The van der Waals surface area contributed by atoms with Crippen LogP contribution < -0.4 is 14.4 Å². The highest BCUT2D eigenvalue weighted by molar-refractivity contribution is 5.95. The number of Topliss-reactive ketones (excluding diaryl/α,β-unsaturated/α-hetero) is 1. The minimum atomic E-state index is -0.129. The van der Waals surface area contributed by atoms with Crippen LogP contribution in [0.1, 0.15) is 17.3 Å². The van der Waals surface area contributed by atoms with Crippen molar-refractivity contribution in [3.63, 3.8) is 0 Å². The van der Waals surface area contributed by atoms with Crippen LogP contribution >= 0.6 is 0 Å². The molecule has 5 heteroatoms. The maximum Gasteiger partial charge on any atom is 0.248 e. The third-order valence-corrected chi connectivity index (χ3v) is 1.96. The Balaban J connectivity index is 3.35. The zero-order valence-corrected chi connectivity index (χ0v) is 8.73. The van der Waals surface area contributed by atoms with E-state index in [-0.39, 0.29) is 23.0 Å². The molecule has 0 bridgehead atoms. The molecule has 1 rings (SSSR count). The molecule has 0 saturated heterocycles. The first-order valence-electron chi connectivity index (χ1n) is 4.22. The van der Waals surface area contributed by atoms with Crippen molar-refractivity contribution < 1.29 is 24.4 Å². The molecule has 0 fully saturated rings. The third kappa shape index (κ3) is 2.19. The molecule has 0 radical (unpaired) electrons. The molecule has 15 heavy (non-hydrogen) atoms. The van der Waals surface area contributed by atoms with Gasteiger partial charge < -0.3 is 14.4 Å². The summed E-state index contributed by atoms with van der Waals surface area (Å²) < 4.78 is 9.90. The number of carbonyl (C=O) groups is 1. The van der Waals surface area contributed by atoms with Crippen LogP contribution in [0.2, 0.25) is 0 Å². The van der Waals surface area contributed by atoms with Crippen LogP contribution in [0.5, 0.6) is 17.2 Å². The molecule has 0 heterocycles. The Hall–Kier alpha value is -1.75. The first-order chi connectivity index (χ1) is 7.13. The molecule has 1 N–H and O–H groups in total. The van der Waals surface area contributed by atoms with Crippen molar-refractivity contribution in [2.75, 3.05) is 14.2 Å². The van der Waals surface area contributed by atoms with E-state index in [1.54, 1.807) is 0 Å². The highest BCUT2D eigenvalue weighted by Crippen LogP contribution is 2.38. The number of carbonyl (C=O) groups excluding carboxylic acids is 1. The molecular weight excluding hydrogens is 200 g/mol. The van der Waals surface area contributed by atoms with E-state index in [4.69, 9.17) is 14.7 Å². The molecule has 0 aromatic heterocycles. The topological polar surface area (TPSA) is 65.0 Å². The van der Waals surface area contributed by atoms with E-state index in [2.05, 4.69) is 4.89 Å². The Bertz CT molecular complexity index is 347. The van der Waals surface area contributed by atoms with E-state index in [0.717, 1.165) is 0 Å². The summed E-state index contributed by atoms with van der Waals surface area (Å²) >= 11 is 0. The van der Waals surface area contributed by atoms with Gasteiger partial charge in [-0.1, -0.05) is 0 Å². The SMILES string of the molecule is COc1cc(C(C)=O)cc(OC)c1OO. The van der Waals surface area contributed by atoms with E-state index in [9.17, 15) is 4.79 Å². The van der Waals surface area contributed by atoms with Crippen LogP contribution in [-0.2, 0) is 0 Å². The van der Waals surface area contributed by atoms with Crippen molar-refractivity contribution in [1.82, 2.24) is 0 Å². The van der Waals surface area contributed by atoms with Gasteiger partial charge in [0.25, 0.3) is 0 Å². The largest absolute Gasteiger partial charge is 0.493 e. The Morgan fingerprint density at radius 3 is 1.93 bits per heavy atom. The second-order valence-electron chi connectivity index (χ2n) is 2.86. The predicted octanol–water partition coefficient (Wildman–Crippen LogP) is 1.76. The molecule has 0 aliphatic rings. The average Bonchev–Trinajstić information content (AvgIpc) is 2.26. The van der Waals surface area contributed by atoms with Gasteiger partial charge in [0.15, 0.2) is 17.3 Å². The van der Waals surface area contributed by atoms with Crippen LogP contribution in [0.25, 0.3) is 0 Å². The molecule has 0 aliphatic heterocycles. The quantitative estimate of drug-likeness (QED) is 0.468. The number of ketones is 1. The molecule has 1 aromatic rings. The fourth-order valence-electron chi connectivity index (χ4n) is 1.17. The van der Waals surface area contributed by atoms with E-state index >= 15 is 0 Å². The second kappa shape index (κ2) is 4.65. The predicted molar refractivity (Wildman–Crippen MR) is 52.8 cm³/mol. The number of ether oxygens (including phenoxy) is 2. The van der Waals surface area contributed by atoms with Crippen LogP contribution in [0, 0.1) is 0 Å². The molecular formula is C10H12O5. The molecule has 0 unspecified atom stereocenters. The highest BCUT2D eigenvalue weighted by Gasteiger charge is 2.15. The molecule has 1 aromatic carbocycles. The summed E-state index contributed by atoms with van der Waals surface area (Å²) in [4.78, 5) is 15.3. The van der Waals surface area contributed by atoms with Crippen molar-refractivity contribution in [3.05, 3.63) is 17.7 Å². The summed E-state index contributed by atoms with van der Waals surface area (Å²) in [5.41, 5.74) is 0.421. The summed E-state index contributed by atoms with van der Waals surface area (Å²) in [6.45, 7) is 1.42. The van der Waals surface area contributed by atoms with E-state index in [1.165, 1.54) is 33.3 Å². The molecule has 5 nitrogen and oxygen atoms in total. The van der Waals surface area contributed by atoms with Gasteiger partial charge in [-0.2, -0.15) is 0 Å². The molecule has 0 saturated carbocycles. The fraction of sp³-hybridized carbons (Fsp3) is 0.300. The van der Waals surface area contributed by atoms with Gasteiger partial charge in [-0.05, 0) is 19.1 Å². The van der Waals surface area contributed by atoms with E-state index in [1.807, 2.05) is 0 Å². The van der Waals surface area contributed by atoms with Gasteiger partial charge in [0.1, 0.15) is 0 Å². The molecule has 0 atom stereocenters. The van der Waals surface area contributed by atoms with Crippen LogP contribution in [0.4, 0.5) is 0 Å². The normalized spacial score (nSPS) is 9.60. The van der Waals surface area contributed by atoms with Gasteiger partial charge in [0.05, 0.1) is 14.2 Å². The summed E-state index contributed by atoms with van der Waals surface area (Å²) in [7, 11) is 2.81. The third-order valence-electron chi connectivity index (χ3n) is 1.96. The Kier molecular flexibility index (Phi) is 3.51. The lowest BCUT2D eigenvalue weighted by Gasteiger charge is -2.11. The molecule has 0 aliphatic carbocycles. The summed E-state index contributed by atoms with van der Waals surface area (Å²) in [6.07, 6.45) is 0. The van der Waals surface area contributed by atoms with Crippen molar-refractivity contribution >= 4 is 5.78 Å². The van der Waals surface area contributed by atoms with Crippen molar-refractivity contribution in [2.45, 2.75) is 6.92 Å². The van der Waals surface area contributed by atoms with E-state index in [0.29, 0.717) is 5.56 Å². The highest BCUT2D eigenvalue weighted by atomic mass is 17.1. The minimum Gasteiger partial charge on any atom is -0.493 e. The van der Waals surface area contributed by atoms with Gasteiger partial charge in [0, 0.05) is 5.56 Å². The van der Waals surface area contributed by atoms with Crippen LogP contribution in [-0.4, -0.2) is 25.3 Å². The number of rotatable bonds is 4. The Morgan fingerprint density at radius 1 is 1.20 bits per heavy atom. The summed E-state index contributed by atoms with van der Waals surface area (Å²) in [5.74, 6) is 0.394.